The molecule has 0 aliphatic heterocycles. The molecule has 0 spiro atoms. The molecule has 0 rings (SSSR count). The molecule has 0 aliphatic rings. The maximum absolute atomic E-state index is 10.9. The summed E-state index contributed by atoms with van der Waals surface area (Å²) in [5, 5.41) is 0. The molecule has 2 atom stereocenters. The van der Waals surface area contributed by atoms with E-state index in [1.54, 1.807) is 0 Å². The third-order valence-corrected chi connectivity index (χ3v) is 2.04. The minimum atomic E-state index is -4.09. The van der Waals surface area contributed by atoms with Gasteiger partial charge in [-0.2, -0.15) is 8.42 Å². The van der Waals surface area contributed by atoms with Gasteiger partial charge in [-0.15, -0.1) is 12.8 Å². The minimum Gasteiger partial charge on any atom is -0.232 e. The van der Waals surface area contributed by atoms with Gasteiger partial charge in [0.05, 0.1) is 0 Å². The van der Waals surface area contributed by atoms with Crippen molar-refractivity contribution in [3.63, 3.8) is 0 Å². The third kappa shape index (κ3) is 5.26. The van der Waals surface area contributed by atoms with E-state index in [9.17, 15) is 8.42 Å². The molecule has 0 aromatic heterocycles. The van der Waals surface area contributed by atoms with E-state index < -0.39 is 22.6 Å². The zero-order valence-corrected chi connectivity index (χ0v) is 8.17. The number of terminal acetylenes is 2. The van der Waals surface area contributed by atoms with Crippen molar-refractivity contribution in [2.75, 3.05) is 0 Å². The van der Waals surface area contributed by atoms with Crippen LogP contribution in [0.4, 0.5) is 0 Å². The van der Waals surface area contributed by atoms with Crippen LogP contribution < -0.4 is 0 Å². The van der Waals surface area contributed by atoms with Crippen LogP contribution in [0.3, 0.4) is 0 Å². The highest BCUT2D eigenvalue weighted by Gasteiger charge is 2.18. The predicted octanol–water partition coefficient (Wildman–Crippen LogP) is 0.308. The van der Waals surface area contributed by atoms with Gasteiger partial charge in [-0.25, -0.2) is 8.37 Å². The van der Waals surface area contributed by atoms with Crippen molar-refractivity contribution in [1.29, 1.82) is 0 Å². The Bertz CT molecular complexity index is 302. The summed E-state index contributed by atoms with van der Waals surface area (Å²) < 4.78 is 30.6. The zero-order valence-electron chi connectivity index (χ0n) is 7.35. The Morgan fingerprint density at radius 1 is 1.08 bits per heavy atom. The molecule has 0 bridgehead atoms. The molecule has 0 radical (unpaired) electrons. The van der Waals surface area contributed by atoms with Crippen molar-refractivity contribution in [3.05, 3.63) is 0 Å². The van der Waals surface area contributed by atoms with E-state index in [0.29, 0.717) is 0 Å². The van der Waals surface area contributed by atoms with Crippen LogP contribution in [0.5, 0.6) is 0 Å². The first-order valence-corrected chi connectivity index (χ1v) is 4.78. The van der Waals surface area contributed by atoms with Crippen molar-refractivity contribution in [2.45, 2.75) is 26.1 Å². The first-order valence-electron chi connectivity index (χ1n) is 3.45. The molecule has 72 valence electrons. The van der Waals surface area contributed by atoms with Gasteiger partial charge in [-0.05, 0) is 13.8 Å². The quantitative estimate of drug-likeness (QED) is 0.615. The third-order valence-electron chi connectivity index (χ3n) is 0.994. The first-order chi connectivity index (χ1) is 5.91. The Balaban J connectivity index is 4.30. The van der Waals surface area contributed by atoms with E-state index in [0.717, 1.165) is 0 Å². The van der Waals surface area contributed by atoms with Gasteiger partial charge in [0.25, 0.3) is 0 Å². The number of rotatable bonds is 4. The SMILES string of the molecule is C#CC(C)OS(=O)(=O)OC(C)C#C. The smallest absolute Gasteiger partial charge is 0.232 e. The van der Waals surface area contributed by atoms with Crippen molar-refractivity contribution < 1.29 is 16.8 Å². The summed E-state index contributed by atoms with van der Waals surface area (Å²) in [7, 11) is -4.09. The monoisotopic (exact) mass is 202 g/mol. The fourth-order valence-corrected chi connectivity index (χ4v) is 1.30. The molecule has 0 N–H and O–H groups in total. The molecule has 0 aromatic carbocycles. The molecule has 0 amide bonds. The standard InChI is InChI=1S/C8H10O4S/c1-5-7(3)11-13(9,10)12-8(4)6-2/h1-2,7-8H,3-4H3. The molecule has 0 aliphatic carbocycles. The minimum absolute atomic E-state index is 0.866. The van der Waals surface area contributed by atoms with Gasteiger partial charge < -0.3 is 0 Å². The van der Waals surface area contributed by atoms with E-state index in [1.165, 1.54) is 13.8 Å². The molecular formula is C8H10O4S. The summed E-state index contributed by atoms with van der Waals surface area (Å²) in [5.74, 6) is 4.16. The van der Waals surface area contributed by atoms with Crippen LogP contribution in [-0.4, -0.2) is 20.6 Å². The molecule has 0 saturated heterocycles. The Kier molecular flexibility index (Phi) is 4.50. The van der Waals surface area contributed by atoms with Crippen LogP contribution in [0.25, 0.3) is 0 Å². The molecule has 0 saturated carbocycles. The van der Waals surface area contributed by atoms with Gasteiger partial charge in [-0.1, -0.05) is 11.8 Å². The van der Waals surface area contributed by atoms with E-state index >= 15 is 0 Å². The maximum atomic E-state index is 10.9. The summed E-state index contributed by atoms with van der Waals surface area (Å²) in [5.41, 5.74) is 0. The summed E-state index contributed by atoms with van der Waals surface area (Å²) in [4.78, 5) is 0. The summed E-state index contributed by atoms with van der Waals surface area (Å²) >= 11 is 0. The summed E-state index contributed by atoms with van der Waals surface area (Å²) in [6.07, 6.45) is 8.08. The lowest BCUT2D eigenvalue weighted by molar-refractivity contribution is 0.182. The Morgan fingerprint density at radius 3 is 1.62 bits per heavy atom. The van der Waals surface area contributed by atoms with Crippen LogP contribution >= 0.6 is 0 Å². The topological polar surface area (TPSA) is 52.6 Å². The van der Waals surface area contributed by atoms with Gasteiger partial charge in [0.15, 0.2) is 0 Å². The predicted molar refractivity (Wildman–Crippen MR) is 47.7 cm³/mol. The van der Waals surface area contributed by atoms with Gasteiger partial charge in [0.2, 0.25) is 0 Å². The normalized spacial score (nSPS) is 15.4. The van der Waals surface area contributed by atoms with Crippen molar-refractivity contribution in [2.24, 2.45) is 0 Å². The Morgan fingerprint density at radius 2 is 1.38 bits per heavy atom. The van der Waals surface area contributed by atoms with Gasteiger partial charge >= 0.3 is 10.4 Å². The molecule has 2 unspecified atom stereocenters. The lowest BCUT2D eigenvalue weighted by Crippen LogP contribution is -2.20. The van der Waals surface area contributed by atoms with Crippen LogP contribution in [0, 0.1) is 24.7 Å². The van der Waals surface area contributed by atoms with Gasteiger partial charge in [0, 0.05) is 0 Å². The molecule has 13 heavy (non-hydrogen) atoms. The largest absolute Gasteiger partial charge is 0.402 e. The molecule has 0 aromatic rings. The van der Waals surface area contributed by atoms with Crippen LogP contribution in [0.1, 0.15) is 13.8 Å². The summed E-state index contributed by atoms with van der Waals surface area (Å²) in [6.45, 7) is 2.81. The van der Waals surface area contributed by atoms with E-state index in [2.05, 4.69) is 20.2 Å². The second-order valence-corrected chi connectivity index (χ2v) is 3.42. The number of hydrogen-bond donors (Lipinski definition) is 0. The van der Waals surface area contributed by atoms with Crippen LogP contribution in [0.2, 0.25) is 0 Å². The van der Waals surface area contributed by atoms with Gasteiger partial charge in [0.1, 0.15) is 12.2 Å². The average molecular weight is 202 g/mol. The lowest BCUT2D eigenvalue weighted by atomic mass is 10.4. The van der Waals surface area contributed by atoms with Crippen LogP contribution in [0.15, 0.2) is 0 Å². The van der Waals surface area contributed by atoms with Crippen molar-refractivity contribution in [3.8, 4) is 24.7 Å². The molecule has 0 heterocycles. The molecule has 4 nitrogen and oxygen atoms in total. The Hall–Kier alpha value is -1.01. The van der Waals surface area contributed by atoms with Crippen LogP contribution in [-0.2, 0) is 18.8 Å². The first kappa shape index (κ1) is 12.0. The highest BCUT2D eigenvalue weighted by Crippen LogP contribution is 2.04. The highest BCUT2D eigenvalue weighted by molar-refractivity contribution is 7.81. The zero-order chi connectivity index (χ0) is 10.5. The molecular weight excluding hydrogens is 192 g/mol. The van der Waals surface area contributed by atoms with E-state index in [-0.39, 0.29) is 0 Å². The Labute approximate surface area is 78.6 Å². The lowest BCUT2D eigenvalue weighted by Gasteiger charge is -2.08. The highest BCUT2D eigenvalue weighted by atomic mass is 32.3. The van der Waals surface area contributed by atoms with Crippen molar-refractivity contribution >= 4 is 10.4 Å². The second kappa shape index (κ2) is 4.88. The average Bonchev–Trinajstić information content (AvgIpc) is 2.02. The van der Waals surface area contributed by atoms with E-state index in [1.807, 2.05) is 0 Å². The molecule has 5 heteroatoms. The molecule has 0 fully saturated rings. The fraction of sp³-hybridized carbons (Fsp3) is 0.500. The maximum Gasteiger partial charge on any atom is 0.402 e. The van der Waals surface area contributed by atoms with E-state index in [4.69, 9.17) is 12.8 Å². The number of hydrogen-bond acceptors (Lipinski definition) is 4. The fourth-order valence-electron chi connectivity index (χ4n) is 0.432. The van der Waals surface area contributed by atoms with Gasteiger partial charge in [-0.3, -0.25) is 0 Å². The second-order valence-electron chi connectivity index (χ2n) is 2.22. The van der Waals surface area contributed by atoms with Crippen molar-refractivity contribution in [1.82, 2.24) is 0 Å². The summed E-state index contributed by atoms with van der Waals surface area (Å²) in [6, 6.07) is 0.